The molecule has 0 radical (unpaired) electrons. The molecule has 0 atom stereocenters. The molecule has 1 aromatic carbocycles. The Morgan fingerprint density at radius 3 is 2.50 bits per heavy atom. The van der Waals surface area contributed by atoms with Crippen molar-refractivity contribution in [2.24, 2.45) is 0 Å². The van der Waals surface area contributed by atoms with Crippen molar-refractivity contribution in [3.8, 4) is 0 Å². The van der Waals surface area contributed by atoms with Gasteiger partial charge in [-0.3, -0.25) is 4.79 Å². The van der Waals surface area contributed by atoms with Gasteiger partial charge in [0.25, 0.3) is 0 Å². The highest BCUT2D eigenvalue weighted by Gasteiger charge is 2.08. The van der Waals surface area contributed by atoms with Crippen LogP contribution in [-0.4, -0.2) is 56.4 Å². The van der Waals surface area contributed by atoms with Gasteiger partial charge in [-0.15, -0.1) is 0 Å². The van der Waals surface area contributed by atoms with Gasteiger partial charge in [-0.25, -0.2) is 4.39 Å². The summed E-state index contributed by atoms with van der Waals surface area (Å²) in [6.45, 7) is 2.58. The highest BCUT2D eigenvalue weighted by molar-refractivity contribution is 5.96. The second-order valence-corrected chi connectivity index (χ2v) is 4.79. The summed E-state index contributed by atoms with van der Waals surface area (Å²) in [5.41, 5.74) is 0.455. The van der Waals surface area contributed by atoms with Crippen LogP contribution in [-0.2, 0) is 0 Å². The van der Waals surface area contributed by atoms with Crippen molar-refractivity contribution >= 4 is 5.78 Å². The molecule has 0 amide bonds. The Bertz CT molecular complexity index is 393. The van der Waals surface area contributed by atoms with Crippen molar-refractivity contribution < 1.29 is 9.18 Å². The van der Waals surface area contributed by atoms with Gasteiger partial charge < -0.3 is 9.80 Å². The van der Waals surface area contributed by atoms with Crippen LogP contribution in [0.2, 0.25) is 0 Å². The lowest BCUT2D eigenvalue weighted by atomic mass is 10.1. The van der Waals surface area contributed by atoms with Gasteiger partial charge in [-0.1, -0.05) is 12.1 Å². The summed E-state index contributed by atoms with van der Waals surface area (Å²) in [4.78, 5) is 16.0. The lowest BCUT2D eigenvalue weighted by Crippen LogP contribution is -2.30. The van der Waals surface area contributed by atoms with Gasteiger partial charge in [0, 0.05) is 31.6 Å². The molecule has 0 aliphatic heterocycles. The molecule has 1 aromatic rings. The fourth-order valence-corrected chi connectivity index (χ4v) is 1.58. The Balaban J connectivity index is 2.37. The third kappa shape index (κ3) is 5.38. The first kappa shape index (κ1) is 14.8. The summed E-state index contributed by atoms with van der Waals surface area (Å²) in [5, 5.41) is 0. The smallest absolute Gasteiger partial charge is 0.164 e. The normalized spacial score (nSPS) is 11.2. The van der Waals surface area contributed by atoms with Gasteiger partial charge in [-0.05, 0) is 33.3 Å². The molecule has 0 spiro atoms. The number of Topliss-reactive ketones (excluding diaryl/α,β-unsaturated/α-hetero) is 1. The molecule has 0 aliphatic carbocycles. The van der Waals surface area contributed by atoms with Crippen molar-refractivity contribution in [2.45, 2.75) is 6.42 Å². The van der Waals surface area contributed by atoms with Gasteiger partial charge in [0.05, 0.1) is 0 Å². The molecular formula is C14H21FN2O. The first-order chi connectivity index (χ1) is 8.49. The van der Waals surface area contributed by atoms with E-state index in [-0.39, 0.29) is 11.6 Å². The molecule has 1 rings (SSSR count). The molecule has 4 heteroatoms. The van der Waals surface area contributed by atoms with E-state index in [1.807, 2.05) is 21.1 Å². The molecule has 0 heterocycles. The molecule has 0 saturated carbocycles. The first-order valence-electron chi connectivity index (χ1n) is 6.11. The molecule has 18 heavy (non-hydrogen) atoms. The molecule has 0 unspecified atom stereocenters. The summed E-state index contributed by atoms with van der Waals surface area (Å²) in [6, 6.07) is 5.87. The summed E-state index contributed by atoms with van der Waals surface area (Å²) >= 11 is 0. The SMILES string of the molecule is CN(C)CCN(C)CCC(=O)c1cccc(F)c1. The quantitative estimate of drug-likeness (QED) is 0.692. The summed E-state index contributed by atoms with van der Waals surface area (Å²) in [7, 11) is 6.03. The third-order valence-corrected chi connectivity index (χ3v) is 2.80. The maximum absolute atomic E-state index is 13.0. The van der Waals surface area contributed by atoms with Crippen LogP contribution >= 0.6 is 0 Å². The standard InChI is InChI=1S/C14H21FN2O/c1-16(2)9-10-17(3)8-7-14(18)12-5-4-6-13(15)11-12/h4-6,11H,7-10H2,1-3H3. The molecule has 0 N–H and O–H groups in total. The van der Waals surface area contributed by atoms with E-state index in [1.54, 1.807) is 12.1 Å². The van der Waals surface area contributed by atoms with E-state index in [1.165, 1.54) is 12.1 Å². The number of likely N-dealkylation sites (N-methyl/N-ethyl adjacent to an activating group) is 2. The van der Waals surface area contributed by atoms with E-state index in [2.05, 4.69) is 9.80 Å². The minimum absolute atomic E-state index is 0.00815. The maximum atomic E-state index is 13.0. The minimum Gasteiger partial charge on any atom is -0.308 e. The van der Waals surface area contributed by atoms with Crippen LogP contribution < -0.4 is 0 Å². The molecule has 0 aliphatic rings. The molecule has 0 bridgehead atoms. The largest absolute Gasteiger partial charge is 0.308 e. The van der Waals surface area contributed by atoms with Gasteiger partial charge >= 0.3 is 0 Å². The van der Waals surface area contributed by atoms with Gasteiger partial charge in [-0.2, -0.15) is 0 Å². The number of rotatable bonds is 7. The van der Waals surface area contributed by atoms with E-state index >= 15 is 0 Å². The highest BCUT2D eigenvalue weighted by Crippen LogP contribution is 2.06. The number of nitrogens with zero attached hydrogens (tertiary/aromatic N) is 2. The Hall–Kier alpha value is -1.26. The van der Waals surface area contributed by atoms with E-state index in [4.69, 9.17) is 0 Å². The van der Waals surface area contributed by atoms with Crippen LogP contribution in [0.3, 0.4) is 0 Å². The van der Waals surface area contributed by atoms with Crippen molar-refractivity contribution in [3.63, 3.8) is 0 Å². The lowest BCUT2D eigenvalue weighted by Gasteiger charge is -2.18. The molecule has 0 saturated heterocycles. The molecular weight excluding hydrogens is 231 g/mol. The van der Waals surface area contributed by atoms with Crippen LogP contribution in [0.5, 0.6) is 0 Å². The zero-order valence-corrected chi connectivity index (χ0v) is 11.3. The zero-order chi connectivity index (χ0) is 13.5. The van der Waals surface area contributed by atoms with Gasteiger partial charge in [0.15, 0.2) is 5.78 Å². The topological polar surface area (TPSA) is 23.6 Å². The Kier molecular flexibility index (Phi) is 5.95. The van der Waals surface area contributed by atoms with Gasteiger partial charge in [0.2, 0.25) is 0 Å². The summed E-state index contributed by atoms with van der Waals surface area (Å²) in [5.74, 6) is -0.368. The Morgan fingerprint density at radius 2 is 1.89 bits per heavy atom. The number of hydrogen-bond acceptors (Lipinski definition) is 3. The zero-order valence-electron chi connectivity index (χ0n) is 11.3. The average molecular weight is 252 g/mol. The number of hydrogen-bond donors (Lipinski definition) is 0. The lowest BCUT2D eigenvalue weighted by molar-refractivity contribution is 0.0967. The van der Waals surface area contributed by atoms with E-state index in [0.717, 1.165) is 13.1 Å². The second kappa shape index (κ2) is 7.24. The summed E-state index contributed by atoms with van der Waals surface area (Å²) < 4.78 is 13.0. The van der Waals surface area contributed by atoms with E-state index in [9.17, 15) is 9.18 Å². The Morgan fingerprint density at radius 1 is 1.17 bits per heavy atom. The number of carbonyl (C=O) groups excluding carboxylic acids is 1. The molecule has 100 valence electrons. The number of carbonyl (C=O) groups is 1. The Labute approximate surface area is 108 Å². The predicted octanol–water partition coefficient (Wildman–Crippen LogP) is 1.89. The molecule has 0 fully saturated rings. The number of benzene rings is 1. The van der Waals surface area contributed by atoms with Crippen molar-refractivity contribution in [1.82, 2.24) is 9.80 Å². The molecule has 0 aromatic heterocycles. The van der Waals surface area contributed by atoms with Crippen LogP contribution in [0, 0.1) is 5.82 Å². The van der Waals surface area contributed by atoms with Crippen LogP contribution in [0.25, 0.3) is 0 Å². The van der Waals surface area contributed by atoms with Crippen LogP contribution in [0.4, 0.5) is 4.39 Å². The molecule has 3 nitrogen and oxygen atoms in total. The fraction of sp³-hybridized carbons (Fsp3) is 0.500. The monoisotopic (exact) mass is 252 g/mol. The minimum atomic E-state index is -0.359. The van der Waals surface area contributed by atoms with Crippen molar-refractivity contribution in [2.75, 3.05) is 40.8 Å². The van der Waals surface area contributed by atoms with Crippen molar-refractivity contribution in [1.29, 1.82) is 0 Å². The number of halogens is 1. The van der Waals surface area contributed by atoms with E-state index in [0.29, 0.717) is 18.5 Å². The van der Waals surface area contributed by atoms with Crippen LogP contribution in [0.15, 0.2) is 24.3 Å². The summed E-state index contributed by atoms with van der Waals surface area (Å²) in [6.07, 6.45) is 0.424. The van der Waals surface area contributed by atoms with Crippen LogP contribution in [0.1, 0.15) is 16.8 Å². The van der Waals surface area contributed by atoms with Gasteiger partial charge in [0.1, 0.15) is 5.82 Å². The second-order valence-electron chi connectivity index (χ2n) is 4.79. The maximum Gasteiger partial charge on any atom is 0.164 e. The van der Waals surface area contributed by atoms with Crippen molar-refractivity contribution in [3.05, 3.63) is 35.6 Å². The fourth-order valence-electron chi connectivity index (χ4n) is 1.58. The predicted molar refractivity (Wildman–Crippen MR) is 71.4 cm³/mol. The first-order valence-corrected chi connectivity index (χ1v) is 6.11. The third-order valence-electron chi connectivity index (χ3n) is 2.80. The number of ketones is 1. The average Bonchev–Trinajstić information content (AvgIpc) is 2.33. The van der Waals surface area contributed by atoms with E-state index < -0.39 is 0 Å². The highest BCUT2D eigenvalue weighted by atomic mass is 19.1.